The molecule has 0 aliphatic carbocycles. The van der Waals surface area contributed by atoms with Crippen molar-refractivity contribution in [1.29, 1.82) is 0 Å². The van der Waals surface area contributed by atoms with E-state index in [2.05, 4.69) is 39.5 Å². The van der Waals surface area contributed by atoms with E-state index in [0.29, 0.717) is 23.0 Å². The Balaban J connectivity index is 1.72. The molecule has 1 atom stereocenters. The van der Waals surface area contributed by atoms with E-state index < -0.39 is 0 Å². The van der Waals surface area contributed by atoms with Crippen molar-refractivity contribution in [3.05, 3.63) is 46.5 Å². The maximum absolute atomic E-state index is 12.6. The topological polar surface area (TPSA) is 71.2 Å². The maximum atomic E-state index is 12.6. The normalized spacial score (nSPS) is 16.5. The number of benzene rings is 1. The first-order chi connectivity index (χ1) is 12.2. The SMILES string of the molecule is CCc1nc(N)sc1C(=O)NCC(c1ccccc1)N1CCCCC1. The minimum Gasteiger partial charge on any atom is -0.375 e. The third-order valence-electron chi connectivity index (χ3n) is 4.73. The summed E-state index contributed by atoms with van der Waals surface area (Å²) in [5.41, 5.74) is 7.82. The standard InChI is InChI=1S/C19H26N4OS/c1-2-15-17(25-19(20)22-15)18(24)21-13-16(14-9-5-3-6-10-14)23-11-7-4-8-12-23/h3,5-6,9-10,16H,2,4,7-8,11-13H2,1H3,(H2,20,22)(H,21,24). The van der Waals surface area contributed by atoms with Crippen LogP contribution in [-0.4, -0.2) is 35.4 Å². The Morgan fingerprint density at radius 2 is 2.00 bits per heavy atom. The van der Waals surface area contributed by atoms with Gasteiger partial charge in [-0.25, -0.2) is 4.98 Å². The lowest BCUT2D eigenvalue weighted by atomic mass is 10.0. The van der Waals surface area contributed by atoms with Gasteiger partial charge in [-0.05, 0) is 37.9 Å². The molecule has 0 saturated carbocycles. The first kappa shape index (κ1) is 17.9. The van der Waals surface area contributed by atoms with Crippen LogP contribution in [0, 0.1) is 0 Å². The second-order valence-electron chi connectivity index (χ2n) is 6.41. The smallest absolute Gasteiger partial charge is 0.263 e. The zero-order chi connectivity index (χ0) is 17.6. The van der Waals surface area contributed by atoms with E-state index in [0.717, 1.165) is 18.8 Å². The highest BCUT2D eigenvalue weighted by Crippen LogP contribution is 2.25. The molecule has 1 aromatic heterocycles. The van der Waals surface area contributed by atoms with Crippen molar-refractivity contribution in [3.8, 4) is 0 Å². The zero-order valence-corrected chi connectivity index (χ0v) is 15.5. The predicted octanol–water partition coefficient (Wildman–Crippen LogP) is 3.24. The molecule has 25 heavy (non-hydrogen) atoms. The van der Waals surface area contributed by atoms with E-state index in [1.807, 2.05) is 13.0 Å². The van der Waals surface area contributed by atoms with Gasteiger partial charge in [0, 0.05) is 6.54 Å². The molecule has 2 heterocycles. The molecule has 1 aromatic carbocycles. The summed E-state index contributed by atoms with van der Waals surface area (Å²) >= 11 is 1.27. The van der Waals surface area contributed by atoms with Crippen LogP contribution in [0.2, 0.25) is 0 Å². The van der Waals surface area contributed by atoms with Crippen molar-refractivity contribution in [2.75, 3.05) is 25.4 Å². The molecule has 1 aliphatic rings. The Bertz CT molecular complexity index is 695. The average Bonchev–Trinajstić information content (AvgIpc) is 3.04. The van der Waals surface area contributed by atoms with Gasteiger partial charge in [0.25, 0.3) is 5.91 Å². The van der Waals surface area contributed by atoms with Crippen molar-refractivity contribution in [1.82, 2.24) is 15.2 Å². The Hall–Kier alpha value is -1.92. The number of rotatable bonds is 6. The zero-order valence-electron chi connectivity index (χ0n) is 14.7. The number of nitrogen functional groups attached to an aromatic ring is 1. The number of amides is 1. The molecule has 1 aliphatic heterocycles. The highest BCUT2D eigenvalue weighted by atomic mass is 32.1. The van der Waals surface area contributed by atoms with Gasteiger partial charge in [0.1, 0.15) is 4.88 Å². The average molecular weight is 359 g/mol. The van der Waals surface area contributed by atoms with Crippen molar-refractivity contribution in [2.24, 2.45) is 0 Å². The largest absolute Gasteiger partial charge is 0.375 e. The quantitative estimate of drug-likeness (QED) is 0.831. The fourth-order valence-corrected chi connectivity index (χ4v) is 4.26. The van der Waals surface area contributed by atoms with Crippen molar-refractivity contribution in [2.45, 2.75) is 38.6 Å². The number of likely N-dealkylation sites (tertiary alicyclic amines) is 1. The number of carbonyl (C=O) groups excluding carboxylic acids is 1. The first-order valence-electron chi connectivity index (χ1n) is 9.01. The molecule has 0 spiro atoms. The molecule has 1 saturated heterocycles. The molecule has 3 rings (SSSR count). The number of piperidine rings is 1. The molecule has 5 nitrogen and oxygen atoms in total. The number of anilines is 1. The Morgan fingerprint density at radius 1 is 1.28 bits per heavy atom. The van der Waals surface area contributed by atoms with Gasteiger partial charge < -0.3 is 11.1 Å². The Labute approximate surface area is 153 Å². The van der Waals surface area contributed by atoms with Crippen LogP contribution < -0.4 is 11.1 Å². The Morgan fingerprint density at radius 3 is 2.68 bits per heavy atom. The summed E-state index contributed by atoms with van der Waals surface area (Å²) in [6, 6.07) is 10.7. The van der Waals surface area contributed by atoms with E-state index in [1.165, 1.54) is 36.2 Å². The van der Waals surface area contributed by atoms with Crippen LogP contribution in [0.15, 0.2) is 30.3 Å². The fraction of sp³-hybridized carbons (Fsp3) is 0.474. The maximum Gasteiger partial charge on any atom is 0.263 e. The third-order valence-corrected chi connectivity index (χ3v) is 5.65. The molecular weight excluding hydrogens is 332 g/mol. The van der Waals surface area contributed by atoms with E-state index in [9.17, 15) is 4.79 Å². The van der Waals surface area contributed by atoms with E-state index >= 15 is 0 Å². The number of nitrogens with one attached hydrogen (secondary N) is 1. The number of hydrogen-bond donors (Lipinski definition) is 2. The number of hydrogen-bond acceptors (Lipinski definition) is 5. The fourth-order valence-electron chi connectivity index (χ4n) is 3.42. The van der Waals surface area contributed by atoms with Crippen LogP contribution in [0.25, 0.3) is 0 Å². The summed E-state index contributed by atoms with van der Waals surface area (Å²) < 4.78 is 0. The van der Waals surface area contributed by atoms with Gasteiger partial charge in [0.2, 0.25) is 0 Å². The van der Waals surface area contributed by atoms with Gasteiger partial charge in [0.05, 0.1) is 11.7 Å². The minimum absolute atomic E-state index is 0.0657. The van der Waals surface area contributed by atoms with Crippen LogP contribution in [0.4, 0.5) is 5.13 Å². The molecule has 3 N–H and O–H groups in total. The number of carbonyl (C=O) groups is 1. The monoisotopic (exact) mass is 358 g/mol. The van der Waals surface area contributed by atoms with E-state index in [-0.39, 0.29) is 11.9 Å². The van der Waals surface area contributed by atoms with Gasteiger partial charge in [-0.3, -0.25) is 9.69 Å². The van der Waals surface area contributed by atoms with Gasteiger partial charge in [-0.1, -0.05) is 55.0 Å². The summed E-state index contributed by atoms with van der Waals surface area (Å²) in [6.07, 6.45) is 4.46. The molecule has 2 aromatic rings. The lowest BCUT2D eigenvalue weighted by Gasteiger charge is -2.35. The highest BCUT2D eigenvalue weighted by Gasteiger charge is 2.24. The van der Waals surface area contributed by atoms with Gasteiger partial charge in [-0.15, -0.1) is 0 Å². The van der Waals surface area contributed by atoms with E-state index in [1.54, 1.807) is 0 Å². The predicted molar refractivity (Wildman–Crippen MR) is 103 cm³/mol. The summed E-state index contributed by atoms with van der Waals surface area (Å²) in [5.74, 6) is -0.0657. The third kappa shape index (κ3) is 4.38. The Kier molecular flexibility index (Phi) is 6.04. The molecule has 0 radical (unpaired) electrons. The highest BCUT2D eigenvalue weighted by molar-refractivity contribution is 7.17. The number of nitrogens with zero attached hydrogens (tertiary/aromatic N) is 2. The summed E-state index contributed by atoms with van der Waals surface area (Å²) in [4.78, 5) is 20.0. The van der Waals surface area contributed by atoms with Gasteiger partial charge >= 0.3 is 0 Å². The minimum atomic E-state index is -0.0657. The van der Waals surface area contributed by atoms with Crippen molar-refractivity contribution in [3.63, 3.8) is 0 Å². The molecule has 1 unspecified atom stereocenters. The van der Waals surface area contributed by atoms with Crippen molar-refractivity contribution >= 4 is 22.4 Å². The molecule has 1 fully saturated rings. The lowest BCUT2D eigenvalue weighted by Crippen LogP contribution is -2.40. The molecule has 0 bridgehead atoms. The van der Waals surface area contributed by atoms with Crippen LogP contribution in [0.1, 0.15) is 53.2 Å². The number of aromatic nitrogens is 1. The van der Waals surface area contributed by atoms with Gasteiger partial charge in [0.15, 0.2) is 5.13 Å². The van der Waals surface area contributed by atoms with Crippen molar-refractivity contribution < 1.29 is 4.79 Å². The summed E-state index contributed by atoms with van der Waals surface area (Å²) in [6.45, 7) is 4.77. The second-order valence-corrected chi connectivity index (χ2v) is 7.45. The molecule has 134 valence electrons. The van der Waals surface area contributed by atoms with Crippen LogP contribution in [0.3, 0.4) is 0 Å². The van der Waals surface area contributed by atoms with Crippen LogP contribution in [-0.2, 0) is 6.42 Å². The van der Waals surface area contributed by atoms with Gasteiger partial charge in [-0.2, -0.15) is 0 Å². The molecule has 6 heteroatoms. The molecular formula is C19H26N4OS. The van der Waals surface area contributed by atoms with Crippen LogP contribution in [0.5, 0.6) is 0 Å². The number of aryl methyl sites for hydroxylation is 1. The second kappa shape index (κ2) is 8.45. The summed E-state index contributed by atoms with van der Waals surface area (Å²) in [7, 11) is 0. The van der Waals surface area contributed by atoms with Crippen LogP contribution >= 0.6 is 11.3 Å². The van der Waals surface area contributed by atoms with E-state index in [4.69, 9.17) is 5.73 Å². The number of nitrogens with two attached hydrogens (primary N) is 1. The summed E-state index contributed by atoms with van der Waals surface area (Å²) in [5, 5.41) is 3.57. The molecule has 1 amide bonds. The lowest BCUT2D eigenvalue weighted by molar-refractivity contribution is 0.0927. The first-order valence-corrected chi connectivity index (χ1v) is 9.83. The number of thiazole rings is 1.